The fraction of sp³-hybridized carbons (Fsp3) is 0.600. The van der Waals surface area contributed by atoms with Gasteiger partial charge in [-0.1, -0.05) is 6.92 Å². The number of hydrogen-bond donors (Lipinski definition) is 3. The van der Waals surface area contributed by atoms with E-state index in [1.807, 2.05) is 0 Å². The SMILES string of the molecule is CC1(C(=O)CC2CCC(Nc3nc(NC4CC4)n4ncc(/C=C5\CC(=O)NC5=O)c4n3)CC2)CC1. The number of fused-ring (bicyclic) bond motifs is 1. The van der Waals surface area contributed by atoms with Crippen LogP contribution in [-0.2, 0) is 14.4 Å². The molecule has 4 aliphatic rings. The average Bonchev–Trinajstić information content (AvgIpc) is 3.73. The van der Waals surface area contributed by atoms with Gasteiger partial charge in [0.1, 0.15) is 5.78 Å². The molecule has 3 aliphatic carbocycles. The molecule has 3 N–H and O–H groups in total. The molecule has 3 heterocycles. The van der Waals surface area contributed by atoms with Crippen LogP contribution in [0, 0.1) is 11.3 Å². The van der Waals surface area contributed by atoms with Crippen molar-refractivity contribution in [1.82, 2.24) is 24.9 Å². The Kier molecular flexibility index (Phi) is 5.34. The van der Waals surface area contributed by atoms with Crippen LogP contribution < -0.4 is 16.0 Å². The fourth-order valence-corrected chi connectivity index (χ4v) is 5.04. The molecule has 0 radical (unpaired) electrons. The van der Waals surface area contributed by atoms with Crippen molar-refractivity contribution in [3.05, 3.63) is 17.3 Å². The number of ketones is 1. The monoisotopic (exact) mass is 477 g/mol. The first-order chi connectivity index (χ1) is 16.9. The molecule has 0 atom stereocenters. The summed E-state index contributed by atoms with van der Waals surface area (Å²) in [5.41, 5.74) is 1.63. The summed E-state index contributed by atoms with van der Waals surface area (Å²) in [6.45, 7) is 2.10. The van der Waals surface area contributed by atoms with Crippen molar-refractivity contribution in [3.8, 4) is 0 Å². The molecule has 0 unspecified atom stereocenters. The second-order valence-corrected chi connectivity index (χ2v) is 10.9. The van der Waals surface area contributed by atoms with E-state index in [2.05, 4.69) is 28.0 Å². The Balaban J connectivity index is 1.19. The smallest absolute Gasteiger partial charge is 0.254 e. The Bertz CT molecular complexity index is 1230. The lowest BCUT2D eigenvalue weighted by Crippen LogP contribution is -2.29. The molecule has 4 fully saturated rings. The van der Waals surface area contributed by atoms with Gasteiger partial charge in [-0.3, -0.25) is 19.7 Å². The lowest BCUT2D eigenvalue weighted by Gasteiger charge is -2.29. The Morgan fingerprint density at radius 3 is 2.49 bits per heavy atom. The highest BCUT2D eigenvalue weighted by atomic mass is 16.2. The first-order valence-electron chi connectivity index (χ1n) is 12.7. The van der Waals surface area contributed by atoms with Crippen LogP contribution in [0.3, 0.4) is 0 Å². The first-order valence-corrected chi connectivity index (χ1v) is 12.7. The highest BCUT2D eigenvalue weighted by Crippen LogP contribution is 2.47. The van der Waals surface area contributed by atoms with Gasteiger partial charge in [0.25, 0.3) is 5.91 Å². The molecule has 6 rings (SSSR count). The number of Topliss-reactive ketones (excluding diaryl/α,β-unsaturated/α-hetero) is 1. The molecule has 2 amide bonds. The van der Waals surface area contributed by atoms with Gasteiger partial charge in [0.15, 0.2) is 5.65 Å². The van der Waals surface area contributed by atoms with Gasteiger partial charge in [0.2, 0.25) is 17.8 Å². The molecule has 10 heteroatoms. The van der Waals surface area contributed by atoms with E-state index in [9.17, 15) is 14.4 Å². The highest BCUT2D eigenvalue weighted by Gasteiger charge is 2.44. The zero-order chi connectivity index (χ0) is 24.2. The van der Waals surface area contributed by atoms with Crippen LogP contribution in [0.25, 0.3) is 11.7 Å². The molecule has 0 aromatic carbocycles. The summed E-state index contributed by atoms with van der Waals surface area (Å²) >= 11 is 0. The van der Waals surface area contributed by atoms with Crippen molar-refractivity contribution in [2.75, 3.05) is 10.6 Å². The number of rotatable bonds is 8. The van der Waals surface area contributed by atoms with E-state index in [0.717, 1.165) is 51.4 Å². The number of imide groups is 1. The molecule has 1 saturated heterocycles. The van der Waals surface area contributed by atoms with Crippen LogP contribution in [0.1, 0.15) is 76.7 Å². The molecule has 2 aromatic rings. The number of carbonyl (C=O) groups is 3. The Morgan fingerprint density at radius 2 is 1.83 bits per heavy atom. The third-order valence-electron chi connectivity index (χ3n) is 7.86. The van der Waals surface area contributed by atoms with Gasteiger partial charge >= 0.3 is 0 Å². The summed E-state index contributed by atoms with van der Waals surface area (Å²) in [7, 11) is 0. The highest BCUT2D eigenvalue weighted by molar-refractivity contribution is 6.15. The molecule has 3 saturated carbocycles. The molecule has 0 bridgehead atoms. The van der Waals surface area contributed by atoms with Gasteiger partial charge in [-0.05, 0) is 63.4 Å². The van der Waals surface area contributed by atoms with E-state index >= 15 is 0 Å². The van der Waals surface area contributed by atoms with Crippen molar-refractivity contribution in [3.63, 3.8) is 0 Å². The lowest BCUT2D eigenvalue weighted by atomic mass is 9.81. The summed E-state index contributed by atoms with van der Waals surface area (Å²) < 4.78 is 1.66. The third kappa shape index (κ3) is 4.66. The van der Waals surface area contributed by atoms with Crippen molar-refractivity contribution in [2.45, 2.75) is 83.2 Å². The minimum Gasteiger partial charge on any atom is -0.351 e. The van der Waals surface area contributed by atoms with Crippen molar-refractivity contribution >= 4 is 41.2 Å². The molecular formula is C25H31N7O3. The minimum atomic E-state index is -0.371. The zero-order valence-corrected chi connectivity index (χ0v) is 20.0. The second kappa shape index (κ2) is 8.42. The molecule has 35 heavy (non-hydrogen) atoms. The number of amides is 2. The van der Waals surface area contributed by atoms with Gasteiger partial charge in [0.05, 0.1) is 12.6 Å². The predicted octanol–water partition coefficient (Wildman–Crippen LogP) is 2.86. The van der Waals surface area contributed by atoms with E-state index in [1.165, 1.54) is 0 Å². The van der Waals surface area contributed by atoms with Gasteiger partial charge in [-0.15, -0.1) is 0 Å². The van der Waals surface area contributed by atoms with E-state index in [1.54, 1.807) is 16.8 Å². The maximum absolute atomic E-state index is 12.5. The number of hydrogen-bond acceptors (Lipinski definition) is 8. The first kappa shape index (κ1) is 22.2. The van der Waals surface area contributed by atoms with Crippen LogP contribution in [0.2, 0.25) is 0 Å². The quantitative estimate of drug-likeness (QED) is 0.391. The normalized spacial score (nSPS) is 26.7. The molecule has 2 aromatic heterocycles. The van der Waals surface area contributed by atoms with E-state index in [0.29, 0.717) is 52.8 Å². The summed E-state index contributed by atoms with van der Waals surface area (Å²) in [5.74, 6) is 1.39. The molecule has 184 valence electrons. The van der Waals surface area contributed by atoms with Crippen LogP contribution in [0.4, 0.5) is 11.9 Å². The van der Waals surface area contributed by atoms with Crippen molar-refractivity contribution in [1.29, 1.82) is 0 Å². The van der Waals surface area contributed by atoms with Gasteiger partial charge < -0.3 is 10.6 Å². The maximum atomic E-state index is 12.5. The largest absolute Gasteiger partial charge is 0.351 e. The number of nitrogens with one attached hydrogen (secondary N) is 3. The standard InChI is InChI=1S/C25H31N7O3/c1-25(8-9-25)19(33)10-14-2-4-17(5-3-14)27-23-30-21-16(11-15-12-20(34)29-22(15)35)13-26-32(21)24(31-23)28-18-6-7-18/h11,13-14,17-18H,2-10,12H2,1H3,(H,29,34,35)(H2,27,28,30,31)/b15-11+. The molecular weight excluding hydrogens is 446 g/mol. The number of nitrogens with zero attached hydrogens (tertiary/aromatic N) is 4. The van der Waals surface area contributed by atoms with Crippen LogP contribution in [-0.4, -0.2) is 49.3 Å². The summed E-state index contributed by atoms with van der Waals surface area (Å²) in [6.07, 6.45) is 12.4. The summed E-state index contributed by atoms with van der Waals surface area (Å²) in [4.78, 5) is 45.6. The van der Waals surface area contributed by atoms with Crippen molar-refractivity contribution in [2.24, 2.45) is 11.3 Å². The second-order valence-electron chi connectivity index (χ2n) is 10.9. The Hall–Kier alpha value is -3.30. The Labute approximate surface area is 203 Å². The van der Waals surface area contributed by atoms with E-state index in [-0.39, 0.29) is 29.7 Å². The van der Waals surface area contributed by atoms with Gasteiger partial charge in [-0.2, -0.15) is 19.6 Å². The number of carbonyl (C=O) groups excluding carboxylic acids is 3. The summed E-state index contributed by atoms with van der Waals surface area (Å²) in [6, 6.07) is 0.628. The Morgan fingerprint density at radius 1 is 1.11 bits per heavy atom. The number of aromatic nitrogens is 4. The number of anilines is 2. The topological polar surface area (TPSA) is 130 Å². The van der Waals surface area contributed by atoms with Crippen LogP contribution in [0.5, 0.6) is 0 Å². The third-order valence-corrected chi connectivity index (χ3v) is 7.86. The van der Waals surface area contributed by atoms with Crippen LogP contribution >= 0.6 is 0 Å². The predicted molar refractivity (Wildman–Crippen MR) is 130 cm³/mol. The molecule has 10 nitrogen and oxygen atoms in total. The van der Waals surface area contributed by atoms with E-state index in [4.69, 9.17) is 9.97 Å². The van der Waals surface area contributed by atoms with Crippen LogP contribution in [0.15, 0.2) is 11.8 Å². The van der Waals surface area contributed by atoms with E-state index < -0.39 is 0 Å². The molecule has 0 spiro atoms. The van der Waals surface area contributed by atoms with Gasteiger partial charge in [-0.25, -0.2) is 0 Å². The minimum absolute atomic E-state index is 0.0337. The zero-order valence-electron chi connectivity index (χ0n) is 20.0. The van der Waals surface area contributed by atoms with Crippen molar-refractivity contribution < 1.29 is 14.4 Å². The summed E-state index contributed by atoms with van der Waals surface area (Å²) in [5, 5.41) is 13.7. The van der Waals surface area contributed by atoms with Gasteiger partial charge in [0, 0.05) is 35.1 Å². The maximum Gasteiger partial charge on any atom is 0.254 e. The fourth-order valence-electron chi connectivity index (χ4n) is 5.04. The molecule has 1 aliphatic heterocycles. The lowest BCUT2D eigenvalue weighted by molar-refractivity contribution is -0.125. The average molecular weight is 478 g/mol.